The Morgan fingerprint density at radius 3 is 2.75 bits per heavy atom. The molecule has 0 saturated carbocycles. The molecule has 0 aromatic carbocycles. The summed E-state index contributed by atoms with van der Waals surface area (Å²) in [6.45, 7) is 5.82. The summed E-state index contributed by atoms with van der Waals surface area (Å²) in [7, 11) is 0. The van der Waals surface area contributed by atoms with Crippen LogP contribution >= 0.6 is 0 Å². The van der Waals surface area contributed by atoms with Crippen molar-refractivity contribution >= 4 is 0 Å². The van der Waals surface area contributed by atoms with Crippen molar-refractivity contribution in [1.29, 1.82) is 0 Å². The van der Waals surface area contributed by atoms with E-state index < -0.39 is 0 Å². The van der Waals surface area contributed by atoms with Crippen LogP contribution in [-0.2, 0) is 4.74 Å². The fourth-order valence-corrected chi connectivity index (χ4v) is 1.40. The van der Waals surface area contributed by atoms with Gasteiger partial charge in [-0.05, 0) is 32.2 Å². The highest BCUT2D eigenvalue weighted by Crippen LogP contribution is 2.13. The largest absolute Gasteiger partial charge is 0.381 e. The van der Waals surface area contributed by atoms with Crippen molar-refractivity contribution in [3.63, 3.8) is 0 Å². The first-order valence-corrected chi connectivity index (χ1v) is 4.84. The van der Waals surface area contributed by atoms with E-state index in [1.165, 1.54) is 12.8 Å². The molecule has 0 amide bonds. The first-order chi connectivity index (χ1) is 5.83. The fourth-order valence-electron chi connectivity index (χ4n) is 1.40. The van der Waals surface area contributed by atoms with Crippen LogP contribution in [0.1, 0.15) is 19.8 Å². The van der Waals surface area contributed by atoms with E-state index in [1.54, 1.807) is 0 Å². The van der Waals surface area contributed by atoms with Gasteiger partial charge in [0.25, 0.3) is 0 Å². The summed E-state index contributed by atoms with van der Waals surface area (Å²) in [5.74, 6) is 0.799. The first-order valence-electron chi connectivity index (χ1n) is 4.84. The predicted molar refractivity (Wildman–Crippen MR) is 50.1 cm³/mol. The Balaban J connectivity index is 2.05. The van der Waals surface area contributed by atoms with Gasteiger partial charge in [0.1, 0.15) is 0 Å². The molecule has 3 N–H and O–H groups in total. The van der Waals surface area contributed by atoms with Crippen LogP contribution in [0.4, 0.5) is 0 Å². The van der Waals surface area contributed by atoms with Crippen molar-refractivity contribution < 1.29 is 4.74 Å². The molecule has 0 aliphatic carbocycles. The second kappa shape index (κ2) is 5.51. The number of nitrogens with two attached hydrogens (primary N) is 1. The Kier molecular flexibility index (Phi) is 4.58. The number of rotatable bonds is 4. The van der Waals surface area contributed by atoms with Crippen LogP contribution in [0.15, 0.2) is 0 Å². The second-order valence-corrected chi connectivity index (χ2v) is 3.60. The van der Waals surface area contributed by atoms with Crippen molar-refractivity contribution in [2.24, 2.45) is 11.7 Å². The lowest BCUT2D eigenvalue weighted by atomic mass is 10.0. The summed E-state index contributed by atoms with van der Waals surface area (Å²) in [5.41, 5.74) is 5.50. The molecule has 1 atom stereocenters. The topological polar surface area (TPSA) is 47.3 Å². The summed E-state index contributed by atoms with van der Waals surface area (Å²) >= 11 is 0. The molecule has 1 unspecified atom stereocenters. The van der Waals surface area contributed by atoms with E-state index in [-0.39, 0.29) is 0 Å². The molecule has 0 bridgehead atoms. The summed E-state index contributed by atoms with van der Waals surface area (Å²) in [6, 6.07) is 0.452. The van der Waals surface area contributed by atoms with E-state index in [9.17, 15) is 0 Å². The zero-order chi connectivity index (χ0) is 8.81. The predicted octanol–water partition coefficient (Wildman–Crippen LogP) is 0.350. The van der Waals surface area contributed by atoms with E-state index in [1.807, 2.05) is 0 Å². The lowest BCUT2D eigenvalue weighted by molar-refractivity contribution is 0.0657. The zero-order valence-corrected chi connectivity index (χ0v) is 7.88. The molecule has 1 heterocycles. The van der Waals surface area contributed by atoms with Crippen LogP contribution in [0.25, 0.3) is 0 Å². The van der Waals surface area contributed by atoms with Gasteiger partial charge in [0.2, 0.25) is 0 Å². The second-order valence-electron chi connectivity index (χ2n) is 3.60. The fraction of sp³-hybridized carbons (Fsp3) is 1.00. The summed E-state index contributed by atoms with van der Waals surface area (Å²) < 4.78 is 5.28. The van der Waals surface area contributed by atoms with Crippen molar-refractivity contribution in [2.75, 3.05) is 26.3 Å². The van der Waals surface area contributed by atoms with Crippen LogP contribution in [0, 0.1) is 5.92 Å². The highest BCUT2D eigenvalue weighted by molar-refractivity contribution is 4.69. The summed E-state index contributed by atoms with van der Waals surface area (Å²) in [6.07, 6.45) is 2.40. The van der Waals surface area contributed by atoms with Crippen LogP contribution in [0.3, 0.4) is 0 Å². The highest BCUT2D eigenvalue weighted by atomic mass is 16.5. The van der Waals surface area contributed by atoms with E-state index in [2.05, 4.69) is 12.2 Å². The van der Waals surface area contributed by atoms with Crippen molar-refractivity contribution in [3.05, 3.63) is 0 Å². The maximum absolute atomic E-state index is 5.50. The van der Waals surface area contributed by atoms with Crippen LogP contribution in [0.2, 0.25) is 0 Å². The molecular weight excluding hydrogens is 152 g/mol. The highest BCUT2D eigenvalue weighted by Gasteiger charge is 2.13. The van der Waals surface area contributed by atoms with E-state index in [0.29, 0.717) is 6.04 Å². The third-order valence-corrected chi connectivity index (χ3v) is 2.45. The van der Waals surface area contributed by atoms with Crippen molar-refractivity contribution in [2.45, 2.75) is 25.8 Å². The molecule has 72 valence electrons. The minimum atomic E-state index is 0.452. The Hall–Kier alpha value is -0.120. The number of hydrogen-bond acceptors (Lipinski definition) is 3. The van der Waals surface area contributed by atoms with Gasteiger partial charge < -0.3 is 15.8 Å². The van der Waals surface area contributed by atoms with Crippen LogP contribution < -0.4 is 11.1 Å². The smallest absolute Gasteiger partial charge is 0.0469 e. The van der Waals surface area contributed by atoms with Crippen LogP contribution in [0.5, 0.6) is 0 Å². The molecule has 1 fully saturated rings. The first kappa shape index (κ1) is 9.96. The summed E-state index contributed by atoms with van der Waals surface area (Å²) in [5, 5.41) is 3.42. The van der Waals surface area contributed by atoms with Gasteiger partial charge in [0.15, 0.2) is 0 Å². The number of nitrogens with one attached hydrogen (secondary N) is 1. The van der Waals surface area contributed by atoms with E-state index in [4.69, 9.17) is 10.5 Å². The number of ether oxygens (including phenoxy) is 1. The third-order valence-electron chi connectivity index (χ3n) is 2.45. The van der Waals surface area contributed by atoms with Gasteiger partial charge in [0.05, 0.1) is 0 Å². The summed E-state index contributed by atoms with van der Waals surface area (Å²) in [4.78, 5) is 0. The van der Waals surface area contributed by atoms with Gasteiger partial charge >= 0.3 is 0 Å². The Bertz CT molecular complexity index is 113. The molecule has 0 spiro atoms. The minimum Gasteiger partial charge on any atom is -0.381 e. The Labute approximate surface area is 74.7 Å². The quantitative estimate of drug-likeness (QED) is 0.643. The van der Waals surface area contributed by atoms with Gasteiger partial charge in [-0.3, -0.25) is 0 Å². The van der Waals surface area contributed by atoms with Crippen molar-refractivity contribution in [3.8, 4) is 0 Å². The third kappa shape index (κ3) is 3.52. The zero-order valence-electron chi connectivity index (χ0n) is 7.88. The maximum Gasteiger partial charge on any atom is 0.0469 e. The average Bonchev–Trinajstić information content (AvgIpc) is 2.16. The molecule has 12 heavy (non-hydrogen) atoms. The van der Waals surface area contributed by atoms with Crippen LogP contribution in [-0.4, -0.2) is 32.3 Å². The molecule has 1 rings (SSSR count). The van der Waals surface area contributed by atoms with Gasteiger partial charge in [-0.15, -0.1) is 0 Å². The van der Waals surface area contributed by atoms with E-state index in [0.717, 1.165) is 32.2 Å². The minimum absolute atomic E-state index is 0.452. The lowest BCUT2D eigenvalue weighted by Crippen LogP contribution is -2.37. The standard InChI is InChI=1S/C9H20N2O/c1-8(6-10)11-7-9-2-4-12-5-3-9/h8-9,11H,2-7,10H2,1H3. The molecule has 3 nitrogen and oxygen atoms in total. The SMILES string of the molecule is CC(CN)NCC1CCOCC1. The molecule has 1 aliphatic rings. The Morgan fingerprint density at radius 1 is 1.50 bits per heavy atom. The molecule has 0 radical (unpaired) electrons. The Morgan fingerprint density at radius 2 is 2.17 bits per heavy atom. The average molecular weight is 172 g/mol. The monoisotopic (exact) mass is 172 g/mol. The molecule has 0 aromatic rings. The molecule has 3 heteroatoms. The molecule has 1 saturated heterocycles. The van der Waals surface area contributed by atoms with Gasteiger partial charge in [-0.25, -0.2) is 0 Å². The maximum atomic E-state index is 5.50. The van der Waals surface area contributed by atoms with Gasteiger partial charge in [-0.1, -0.05) is 0 Å². The van der Waals surface area contributed by atoms with Crippen molar-refractivity contribution in [1.82, 2.24) is 5.32 Å². The normalized spacial score (nSPS) is 22.5. The number of hydrogen-bond donors (Lipinski definition) is 2. The molecule has 1 aliphatic heterocycles. The molecule has 0 aromatic heterocycles. The molecular formula is C9H20N2O. The van der Waals surface area contributed by atoms with E-state index >= 15 is 0 Å². The lowest BCUT2D eigenvalue weighted by Gasteiger charge is -2.23. The van der Waals surface area contributed by atoms with Gasteiger partial charge in [0, 0.05) is 25.8 Å². The van der Waals surface area contributed by atoms with Gasteiger partial charge in [-0.2, -0.15) is 0 Å².